The Labute approximate surface area is 168 Å². The summed E-state index contributed by atoms with van der Waals surface area (Å²) in [6.45, 7) is 0. The Morgan fingerprint density at radius 2 is 1.69 bits per heavy atom. The molecular weight excluding hydrogens is 364 g/mol. The highest BCUT2D eigenvalue weighted by atomic mass is 16.5. The van der Waals surface area contributed by atoms with Gasteiger partial charge in [-0.3, -0.25) is 4.79 Å². The quantitative estimate of drug-likeness (QED) is 0.469. The summed E-state index contributed by atoms with van der Waals surface area (Å²) in [5.74, 6) is -0.295. The number of carbonyl (C=O) groups is 2. The zero-order valence-corrected chi connectivity index (χ0v) is 16.0. The van der Waals surface area contributed by atoms with E-state index in [1.165, 1.54) is 7.11 Å². The summed E-state index contributed by atoms with van der Waals surface area (Å²) >= 11 is 0. The first-order valence-corrected chi connectivity index (χ1v) is 9.34. The van der Waals surface area contributed by atoms with Gasteiger partial charge in [0.2, 0.25) is 0 Å². The molecular formula is C24H20N2O3. The van der Waals surface area contributed by atoms with Crippen LogP contribution >= 0.6 is 0 Å². The topological polar surface area (TPSA) is 60.7 Å². The van der Waals surface area contributed by atoms with Crippen molar-refractivity contribution in [1.29, 1.82) is 0 Å². The Hall–Kier alpha value is -3.73. The van der Waals surface area contributed by atoms with Crippen molar-refractivity contribution in [2.45, 2.75) is 12.8 Å². The highest BCUT2D eigenvalue weighted by molar-refractivity contribution is 5.90. The molecule has 0 spiro atoms. The minimum atomic E-state index is -0.387. The fraction of sp³-hybridized carbons (Fsp3) is 0.125. The molecule has 5 heteroatoms. The summed E-state index contributed by atoms with van der Waals surface area (Å²) in [5, 5.41) is 0. The van der Waals surface area contributed by atoms with Gasteiger partial charge in [0.15, 0.2) is 0 Å². The van der Waals surface area contributed by atoms with Gasteiger partial charge in [-0.05, 0) is 29.3 Å². The van der Waals surface area contributed by atoms with E-state index in [0.717, 1.165) is 27.9 Å². The third kappa shape index (κ3) is 3.94. The largest absolute Gasteiger partial charge is 0.465 e. The molecule has 2 aromatic carbocycles. The lowest BCUT2D eigenvalue weighted by Crippen LogP contribution is -2.11. The van der Waals surface area contributed by atoms with Gasteiger partial charge in [0, 0.05) is 24.1 Å². The molecule has 144 valence electrons. The van der Waals surface area contributed by atoms with Crippen molar-refractivity contribution in [2.75, 3.05) is 7.11 Å². The molecule has 0 bridgehead atoms. The third-order valence-corrected chi connectivity index (χ3v) is 4.92. The van der Waals surface area contributed by atoms with E-state index in [1.807, 2.05) is 46.9 Å². The maximum absolute atomic E-state index is 12.9. The summed E-state index contributed by atoms with van der Waals surface area (Å²) < 4.78 is 6.68. The molecule has 2 heterocycles. The van der Waals surface area contributed by atoms with Gasteiger partial charge in [-0.15, -0.1) is 0 Å². The first-order chi connectivity index (χ1) is 14.2. The molecule has 5 nitrogen and oxygen atoms in total. The van der Waals surface area contributed by atoms with Gasteiger partial charge in [-0.25, -0.2) is 9.78 Å². The second-order valence-electron chi connectivity index (χ2n) is 6.83. The lowest BCUT2D eigenvalue weighted by atomic mass is 9.98. The van der Waals surface area contributed by atoms with Crippen LogP contribution in [-0.4, -0.2) is 28.2 Å². The van der Waals surface area contributed by atoms with E-state index in [1.54, 1.807) is 36.8 Å². The molecule has 0 aliphatic rings. The molecule has 0 unspecified atom stereocenters. The Balaban J connectivity index is 1.61. The van der Waals surface area contributed by atoms with Gasteiger partial charge in [0.25, 0.3) is 0 Å². The van der Waals surface area contributed by atoms with Gasteiger partial charge in [-0.2, -0.15) is 0 Å². The number of rotatable bonds is 6. The van der Waals surface area contributed by atoms with Crippen molar-refractivity contribution in [3.8, 4) is 11.1 Å². The molecule has 0 saturated heterocycles. The number of pyridine rings is 1. The molecule has 0 fully saturated rings. The number of esters is 1. The van der Waals surface area contributed by atoms with Crippen LogP contribution < -0.4 is 0 Å². The predicted molar refractivity (Wildman–Crippen MR) is 111 cm³/mol. The number of hydrogen-bond acceptors (Lipinski definition) is 4. The number of ether oxygens (including phenoxy) is 1. The number of nitrogens with zero attached hydrogens (tertiary/aromatic N) is 2. The number of hydrogen-bond donors (Lipinski definition) is 0. The fourth-order valence-electron chi connectivity index (χ4n) is 3.46. The lowest BCUT2D eigenvalue weighted by molar-refractivity contribution is -0.117. The van der Waals surface area contributed by atoms with Gasteiger partial charge in [-0.1, -0.05) is 48.5 Å². The Bertz CT molecular complexity index is 1160. The van der Waals surface area contributed by atoms with E-state index in [4.69, 9.17) is 4.74 Å². The van der Waals surface area contributed by atoms with Crippen LogP contribution in [0.1, 0.15) is 21.6 Å². The summed E-state index contributed by atoms with van der Waals surface area (Å²) in [5.41, 5.74) is 5.29. The normalized spacial score (nSPS) is 10.8. The first kappa shape index (κ1) is 18.6. The highest BCUT2D eigenvalue weighted by Crippen LogP contribution is 2.26. The van der Waals surface area contributed by atoms with E-state index in [2.05, 4.69) is 4.98 Å². The second kappa shape index (κ2) is 8.10. The van der Waals surface area contributed by atoms with E-state index < -0.39 is 0 Å². The predicted octanol–water partition coefficient (Wildman–Crippen LogP) is 4.14. The SMILES string of the molecule is COC(=O)c1ccc(CC(=O)Cc2c(-c3ccccc3)ccc3cncn23)cc1. The monoisotopic (exact) mass is 384 g/mol. The van der Waals surface area contributed by atoms with Crippen molar-refractivity contribution in [2.24, 2.45) is 0 Å². The van der Waals surface area contributed by atoms with Crippen LogP contribution in [-0.2, 0) is 22.4 Å². The van der Waals surface area contributed by atoms with E-state index >= 15 is 0 Å². The van der Waals surface area contributed by atoms with Crippen molar-refractivity contribution >= 4 is 17.3 Å². The maximum atomic E-state index is 12.9. The molecule has 2 aromatic heterocycles. The molecule has 4 rings (SSSR count). The second-order valence-corrected chi connectivity index (χ2v) is 6.83. The highest BCUT2D eigenvalue weighted by Gasteiger charge is 2.15. The van der Waals surface area contributed by atoms with Crippen LogP contribution in [0.5, 0.6) is 0 Å². The van der Waals surface area contributed by atoms with Gasteiger partial charge in [0.05, 0.1) is 30.7 Å². The zero-order chi connectivity index (χ0) is 20.2. The average Bonchev–Trinajstić information content (AvgIpc) is 3.24. The Kier molecular flexibility index (Phi) is 5.20. The standard InChI is InChI=1S/C24H20N2O3/c1-29-24(28)19-9-7-17(8-10-19)13-21(27)14-23-22(18-5-3-2-4-6-18)12-11-20-15-25-16-26(20)23/h2-12,15-16H,13-14H2,1H3. The Morgan fingerprint density at radius 3 is 2.41 bits per heavy atom. The van der Waals surface area contributed by atoms with E-state index in [0.29, 0.717) is 12.0 Å². The van der Waals surface area contributed by atoms with E-state index in [9.17, 15) is 9.59 Å². The van der Waals surface area contributed by atoms with Crippen molar-refractivity contribution in [3.05, 3.63) is 96.1 Å². The van der Waals surface area contributed by atoms with Crippen molar-refractivity contribution in [3.63, 3.8) is 0 Å². The summed E-state index contributed by atoms with van der Waals surface area (Å²) in [7, 11) is 1.35. The summed E-state index contributed by atoms with van der Waals surface area (Å²) in [6.07, 6.45) is 4.11. The van der Waals surface area contributed by atoms with E-state index in [-0.39, 0.29) is 18.2 Å². The van der Waals surface area contributed by atoms with Crippen LogP contribution in [0.15, 0.2) is 79.3 Å². The smallest absolute Gasteiger partial charge is 0.337 e. The molecule has 0 N–H and O–H groups in total. The number of carbonyl (C=O) groups excluding carboxylic acids is 2. The van der Waals surface area contributed by atoms with Crippen LogP contribution in [0, 0.1) is 0 Å². The van der Waals surface area contributed by atoms with Crippen LogP contribution in [0.2, 0.25) is 0 Å². The molecule has 29 heavy (non-hydrogen) atoms. The van der Waals surface area contributed by atoms with Crippen LogP contribution in [0.3, 0.4) is 0 Å². The molecule has 0 radical (unpaired) electrons. The number of imidazole rings is 1. The minimum absolute atomic E-state index is 0.0919. The van der Waals surface area contributed by atoms with Crippen molar-refractivity contribution < 1.29 is 14.3 Å². The fourth-order valence-corrected chi connectivity index (χ4v) is 3.46. The number of methoxy groups -OCH3 is 1. The molecule has 0 aliphatic heterocycles. The van der Waals surface area contributed by atoms with Gasteiger partial charge in [0.1, 0.15) is 5.78 Å². The van der Waals surface area contributed by atoms with Gasteiger partial charge >= 0.3 is 5.97 Å². The number of Topliss-reactive ketones (excluding diaryl/α,β-unsaturated/α-hetero) is 1. The molecule has 0 aliphatic carbocycles. The molecule has 0 atom stereocenters. The molecule has 4 aromatic rings. The van der Waals surface area contributed by atoms with Crippen LogP contribution in [0.4, 0.5) is 0 Å². The average molecular weight is 384 g/mol. The third-order valence-electron chi connectivity index (χ3n) is 4.92. The molecule has 0 amide bonds. The number of ketones is 1. The lowest BCUT2D eigenvalue weighted by Gasteiger charge is -2.12. The van der Waals surface area contributed by atoms with Crippen molar-refractivity contribution in [1.82, 2.24) is 9.38 Å². The first-order valence-electron chi connectivity index (χ1n) is 9.34. The minimum Gasteiger partial charge on any atom is -0.465 e. The molecule has 0 saturated carbocycles. The van der Waals surface area contributed by atoms with Gasteiger partial charge < -0.3 is 9.14 Å². The zero-order valence-electron chi connectivity index (χ0n) is 16.0. The summed E-state index contributed by atoms with van der Waals surface area (Å²) in [6, 6.07) is 21.0. The maximum Gasteiger partial charge on any atom is 0.337 e. The number of fused-ring (bicyclic) bond motifs is 1. The number of aromatic nitrogens is 2. The Morgan fingerprint density at radius 1 is 0.931 bits per heavy atom. The number of benzene rings is 2. The van der Waals surface area contributed by atoms with Crippen LogP contribution in [0.25, 0.3) is 16.6 Å². The summed E-state index contributed by atoms with van der Waals surface area (Å²) in [4.78, 5) is 28.7.